The van der Waals surface area contributed by atoms with Crippen molar-refractivity contribution in [1.82, 2.24) is 5.32 Å². The summed E-state index contributed by atoms with van der Waals surface area (Å²) in [5.74, 6) is 0.743. The summed E-state index contributed by atoms with van der Waals surface area (Å²) >= 11 is 0. The maximum absolute atomic E-state index is 12.4. The fourth-order valence-corrected chi connectivity index (χ4v) is 3.93. The smallest absolute Gasteiger partial charge is 0.179 e. The highest BCUT2D eigenvalue weighted by atomic mass is 32.2. The first-order chi connectivity index (χ1) is 8.44. The second kappa shape index (κ2) is 5.02. The quantitative estimate of drug-likeness (QED) is 0.888. The molecule has 1 aliphatic rings. The summed E-state index contributed by atoms with van der Waals surface area (Å²) in [4.78, 5) is 0.450. The van der Waals surface area contributed by atoms with Crippen LogP contribution >= 0.6 is 0 Å². The summed E-state index contributed by atoms with van der Waals surface area (Å²) in [6.45, 7) is 3.94. The minimum atomic E-state index is -3.18. The van der Waals surface area contributed by atoms with E-state index >= 15 is 0 Å². The molecule has 1 N–H and O–H groups in total. The summed E-state index contributed by atoms with van der Waals surface area (Å²) < 4.78 is 24.7. The van der Waals surface area contributed by atoms with Gasteiger partial charge in [-0.15, -0.1) is 0 Å². The molecule has 1 aromatic rings. The van der Waals surface area contributed by atoms with E-state index in [2.05, 4.69) is 5.32 Å². The number of hydrogen-bond acceptors (Lipinski definition) is 3. The molecule has 0 aliphatic heterocycles. The monoisotopic (exact) mass is 267 g/mol. The maximum atomic E-state index is 12.4. The fraction of sp³-hybridized carbons (Fsp3) is 0.571. The molecule has 0 bridgehead atoms. The SMILES string of the molecule is CNC(CS(=O)(=O)c1ccc(C)c(C)c1)C1CC1. The van der Waals surface area contributed by atoms with Gasteiger partial charge in [0.2, 0.25) is 0 Å². The van der Waals surface area contributed by atoms with Gasteiger partial charge in [0.25, 0.3) is 0 Å². The lowest BCUT2D eigenvalue weighted by Crippen LogP contribution is -2.34. The van der Waals surface area contributed by atoms with Gasteiger partial charge < -0.3 is 5.32 Å². The summed E-state index contributed by atoms with van der Waals surface area (Å²) in [7, 11) is -1.33. The van der Waals surface area contributed by atoms with Gasteiger partial charge in [-0.25, -0.2) is 8.42 Å². The highest BCUT2D eigenvalue weighted by Gasteiger charge is 2.33. The van der Waals surface area contributed by atoms with Crippen molar-refractivity contribution in [1.29, 1.82) is 0 Å². The summed E-state index contributed by atoms with van der Waals surface area (Å²) in [6, 6.07) is 5.48. The number of hydrogen-bond donors (Lipinski definition) is 1. The van der Waals surface area contributed by atoms with Gasteiger partial charge >= 0.3 is 0 Å². The van der Waals surface area contributed by atoms with Crippen LogP contribution in [-0.2, 0) is 9.84 Å². The van der Waals surface area contributed by atoms with E-state index < -0.39 is 9.84 Å². The summed E-state index contributed by atoms with van der Waals surface area (Å²) in [5.41, 5.74) is 2.16. The number of sulfone groups is 1. The van der Waals surface area contributed by atoms with E-state index in [1.54, 1.807) is 12.1 Å². The van der Waals surface area contributed by atoms with E-state index in [4.69, 9.17) is 0 Å². The Morgan fingerprint density at radius 2 is 1.94 bits per heavy atom. The second-order valence-electron chi connectivity index (χ2n) is 5.26. The molecular weight excluding hydrogens is 246 g/mol. The minimum absolute atomic E-state index is 0.0941. The number of nitrogens with one attached hydrogen (secondary N) is 1. The van der Waals surface area contributed by atoms with Crippen LogP contribution in [0.4, 0.5) is 0 Å². The van der Waals surface area contributed by atoms with Crippen LogP contribution in [0.25, 0.3) is 0 Å². The molecule has 1 fully saturated rings. The van der Waals surface area contributed by atoms with Gasteiger partial charge in [0.05, 0.1) is 10.6 Å². The van der Waals surface area contributed by atoms with Gasteiger partial charge in [0.1, 0.15) is 0 Å². The highest BCUT2D eigenvalue weighted by molar-refractivity contribution is 7.91. The first kappa shape index (κ1) is 13.6. The average Bonchev–Trinajstić information content (AvgIpc) is 3.13. The molecule has 0 amide bonds. The topological polar surface area (TPSA) is 46.2 Å². The lowest BCUT2D eigenvalue weighted by atomic mass is 10.1. The lowest BCUT2D eigenvalue weighted by Gasteiger charge is -2.16. The van der Waals surface area contributed by atoms with E-state index in [1.165, 1.54) is 0 Å². The third kappa shape index (κ3) is 2.93. The van der Waals surface area contributed by atoms with Gasteiger partial charge in [-0.2, -0.15) is 0 Å². The Morgan fingerprint density at radius 1 is 1.28 bits per heavy atom. The van der Waals surface area contributed by atoms with E-state index in [1.807, 2.05) is 27.0 Å². The second-order valence-corrected chi connectivity index (χ2v) is 7.29. The molecule has 100 valence electrons. The molecule has 4 heteroatoms. The van der Waals surface area contributed by atoms with Crippen LogP contribution in [0.2, 0.25) is 0 Å². The maximum Gasteiger partial charge on any atom is 0.179 e. The molecule has 18 heavy (non-hydrogen) atoms. The number of rotatable bonds is 5. The predicted octanol–water partition coefficient (Wildman–Crippen LogP) is 2.08. The van der Waals surface area contributed by atoms with E-state index in [0.29, 0.717) is 10.8 Å². The Balaban J connectivity index is 2.21. The molecule has 1 unspecified atom stereocenters. The van der Waals surface area contributed by atoms with Crippen molar-refractivity contribution in [2.24, 2.45) is 5.92 Å². The highest BCUT2D eigenvalue weighted by Crippen LogP contribution is 2.33. The largest absolute Gasteiger partial charge is 0.316 e. The Morgan fingerprint density at radius 3 is 2.44 bits per heavy atom. The molecule has 0 saturated heterocycles. The zero-order valence-corrected chi connectivity index (χ0v) is 12.0. The standard InChI is InChI=1S/C14H21NO2S/c1-10-4-7-13(8-11(10)2)18(16,17)9-14(15-3)12-5-6-12/h4,7-8,12,14-15H,5-6,9H2,1-3H3. The molecule has 3 nitrogen and oxygen atoms in total. The molecule has 0 aromatic heterocycles. The van der Waals surface area contributed by atoms with Gasteiger partial charge in [0, 0.05) is 6.04 Å². The zero-order chi connectivity index (χ0) is 13.3. The molecule has 1 aromatic carbocycles. The van der Waals surface area contributed by atoms with Crippen LogP contribution < -0.4 is 5.32 Å². The Bertz CT molecular complexity index is 533. The van der Waals surface area contributed by atoms with Crippen LogP contribution in [0.3, 0.4) is 0 Å². The first-order valence-corrected chi connectivity index (χ1v) is 8.06. The normalized spacial score (nSPS) is 17.7. The predicted molar refractivity (Wildman–Crippen MR) is 73.5 cm³/mol. The molecule has 1 aliphatic carbocycles. The molecular formula is C14H21NO2S. The molecule has 1 atom stereocenters. The van der Waals surface area contributed by atoms with Crippen LogP contribution in [-0.4, -0.2) is 27.3 Å². The summed E-state index contributed by atoms with van der Waals surface area (Å²) in [5, 5.41) is 3.14. The molecule has 1 saturated carbocycles. The van der Waals surface area contributed by atoms with Crippen LogP contribution in [0.15, 0.2) is 23.1 Å². The molecule has 2 rings (SSSR count). The van der Waals surface area contributed by atoms with Crippen molar-refractivity contribution < 1.29 is 8.42 Å². The lowest BCUT2D eigenvalue weighted by molar-refractivity contribution is 0.527. The van der Waals surface area contributed by atoms with Gasteiger partial charge in [-0.3, -0.25) is 0 Å². The number of benzene rings is 1. The van der Waals surface area contributed by atoms with Crippen LogP contribution in [0, 0.1) is 19.8 Å². The van der Waals surface area contributed by atoms with Crippen LogP contribution in [0.5, 0.6) is 0 Å². The van der Waals surface area contributed by atoms with Crippen LogP contribution in [0.1, 0.15) is 24.0 Å². The Hall–Kier alpha value is -0.870. The zero-order valence-electron chi connectivity index (χ0n) is 11.2. The molecule has 0 radical (unpaired) electrons. The minimum Gasteiger partial charge on any atom is -0.316 e. The molecule has 0 spiro atoms. The van der Waals surface area contributed by atoms with E-state index in [0.717, 1.165) is 24.0 Å². The van der Waals surface area contributed by atoms with Crippen molar-refractivity contribution in [3.8, 4) is 0 Å². The van der Waals surface area contributed by atoms with Crippen molar-refractivity contribution >= 4 is 9.84 Å². The van der Waals surface area contributed by atoms with Crippen molar-refractivity contribution in [2.75, 3.05) is 12.8 Å². The van der Waals surface area contributed by atoms with Gasteiger partial charge in [0.15, 0.2) is 9.84 Å². The van der Waals surface area contributed by atoms with Crippen molar-refractivity contribution in [2.45, 2.75) is 37.6 Å². The number of aryl methyl sites for hydroxylation is 2. The summed E-state index contributed by atoms with van der Waals surface area (Å²) in [6.07, 6.45) is 2.29. The first-order valence-electron chi connectivity index (χ1n) is 6.41. The average molecular weight is 267 g/mol. The molecule has 0 heterocycles. The van der Waals surface area contributed by atoms with Crippen molar-refractivity contribution in [3.63, 3.8) is 0 Å². The van der Waals surface area contributed by atoms with E-state index in [9.17, 15) is 8.42 Å². The van der Waals surface area contributed by atoms with Crippen molar-refractivity contribution in [3.05, 3.63) is 29.3 Å². The van der Waals surface area contributed by atoms with E-state index in [-0.39, 0.29) is 11.8 Å². The third-order valence-corrected chi connectivity index (χ3v) is 5.57. The van der Waals surface area contributed by atoms with Gasteiger partial charge in [-0.1, -0.05) is 6.07 Å². The fourth-order valence-electron chi connectivity index (χ4n) is 2.19. The van der Waals surface area contributed by atoms with Gasteiger partial charge in [-0.05, 0) is 62.9 Å². The Kier molecular flexibility index (Phi) is 3.78. The third-order valence-electron chi connectivity index (χ3n) is 3.80. The Labute approximate surface area is 110 Å².